The quantitative estimate of drug-likeness (QED) is 0.866. The third-order valence-electron chi connectivity index (χ3n) is 3.81. The zero-order chi connectivity index (χ0) is 16.8. The lowest BCUT2D eigenvalue weighted by molar-refractivity contribution is -0.119. The van der Waals surface area contributed by atoms with Crippen LogP contribution in [0.3, 0.4) is 0 Å². The third kappa shape index (κ3) is 4.49. The van der Waals surface area contributed by atoms with Gasteiger partial charge in [-0.1, -0.05) is 48.4 Å². The van der Waals surface area contributed by atoms with E-state index in [0.29, 0.717) is 18.1 Å². The highest BCUT2D eigenvalue weighted by Gasteiger charge is 2.12. The molecule has 3 nitrogen and oxygen atoms in total. The van der Waals surface area contributed by atoms with E-state index >= 15 is 0 Å². The van der Waals surface area contributed by atoms with Gasteiger partial charge < -0.3 is 10.1 Å². The van der Waals surface area contributed by atoms with Crippen LogP contribution in [0.1, 0.15) is 29.2 Å². The van der Waals surface area contributed by atoms with Crippen molar-refractivity contribution in [2.45, 2.75) is 33.3 Å². The van der Waals surface area contributed by atoms with Gasteiger partial charge in [-0.2, -0.15) is 0 Å². The van der Waals surface area contributed by atoms with Crippen LogP contribution in [-0.2, 0) is 24.2 Å². The maximum atomic E-state index is 11.7. The van der Waals surface area contributed by atoms with Gasteiger partial charge in [0.15, 0.2) is 0 Å². The molecule has 4 heteroatoms. The van der Waals surface area contributed by atoms with Crippen molar-refractivity contribution in [2.75, 3.05) is 7.05 Å². The molecule has 0 saturated carbocycles. The zero-order valence-corrected chi connectivity index (χ0v) is 14.5. The Bertz CT molecular complexity index is 698. The number of nitrogens with one attached hydrogen (secondary N) is 1. The van der Waals surface area contributed by atoms with E-state index in [1.807, 2.05) is 30.3 Å². The van der Waals surface area contributed by atoms with Gasteiger partial charge in [0.05, 0.1) is 6.42 Å². The molecule has 0 aliphatic carbocycles. The van der Waals surface area contributed by atoms with Crippen LogP contribution in [0.4, 0.5) is 0 Å². The second kappa shape index (κ2) is 8.02. The van der Waals surface area contributed by atoms with Crippen molar-refractivity contribution in [1.82, 2.24) is 5.32 Å². The van der Waals surface area contributed by atoms with Crippen LogP contribution >= 0.6 is 11.6 Å². The van der Waals surface area contributed by atoms with Crippen molar-refractivity contribution in [3.8, 4) is 5.75 Å². The van der Waals surface area contributed by atoms with Gasteiger partial charge in [0.2, 0.25) is 5.91 Å². The SMILES string of the molecule is CCc1cc(C)ccc1OCc1c(Cl)cccc1CC(=O)NC. The number of carbonyl (C=O) groups is 1. The van der Waals surface area contributed by atoms with Crippen molar-refractivity contribution in [3.63, 3.8) is 0 Å². The van der Waals surface area contributed by atoms with E-state index in [2.05, 4.69) is 25.2 Å². The fourth-order valence-electron chi connectivity index (χ4n) is 2.47. The molecule has 0 aliphatic heterocycles. The van der Waals surface area contributed by atoms with Gasteiger partial charge in [0, 0.05) is 17.6 Å². The van der Waals surface area contributed by atoms with E-state index < -0.39 is 0 Å². The summed E-state index contributed by atoms with van der Waals surface area (Å²) in [5.41, 5.74) is 4.14. The second-order valence-electron chi connectivity index (χ2n) is 5.48. The number of amides is 1. The summed E-state index contributed by atoms with van der Waals surface area (Å²) in [4.78, 5) is 11.7. The average Bonchev–Trinajstić information content (AvgIpc) is 2.55. The fraction of sp³-hybridized carbons (Fsp3) is 0.316. The average molecular weight is 332 g/mol. The Balaban J connectivity index is 2.22. The normalized spacial score (nSPS) is 10.4. The summed E-state index contributed by atoms with van der Waals surface area (Å²) in [6, 6.07) is 11.7. The van der Waals surface area contributed by atoms with Crippen LogP contribution in [0.25, 0.3) is 0 Å². The molecule has 2 aromatic carbocycles. The summed E-state index contributed by atoms with van der Waals surface area (Å²) in [6.07, 6.45) is 1.20. The zero-order valence-electron chi connectivity index (χ0n) is 13.8. The van der Waals surface area contributed by atoms with Crippen LogP contribution in [0, 0.1) is 6.92 Å². The van der Waals surface area contributed by atoms with Crippen molar-refractivity contribution >= 4 is 17.5 Å². The highest BCUT2D eigenvalue weighted by atomic mass is 35.5. The van der Waals surface area contributed by atoms with Crippen molar-refractivity contribution in [3.05, 3.63) is 63.7 Å². The van der Waals surface area contributed by atoms with Crippen molar-refractivity contribution in [2.24, 2.45) is 0 Å². The van der Waals surface area contributed by atoms with Gasteiger partial charge in [0.1, 0.15) is 12.4 Å². The molecule has 0 aromatic heterocycles. The molecular weight excluding hydrogens is 310 g/mol. The minimum absolute atomic E-state index is 0.0434. The summed E-state index contributed by atoms with van der Waals surface area (Å²) < 4.78 is 5.99. The van der Waals surface area contributed by atoms with Crippen molar-refractivity contribution in [1.29, 1.82) is 0 Å². The van der Waals surface area contributed by atoms with E-state index in [1.165, 1.54) is 11.1 Å². The Morgan fingerprint density at radius 1 is 1.22 bits per heavy atom. The summed E-state index contributed by atoms with van der Waals surface area (Å²) in [5, 5.41) is 3.26. The predicted molar refractivity (Wildman–Crippen MR) is 94.1 cm³/mol. The lowest BCUT2D eigenvalue weighted by atomic mass is 10.0. The van der Waals surface area contributed by atoms with E-state index in [-0.39, 0.29) is 5.91 Å². The maximum Gasteiger partial charge on any atom is 0.224 e. The summed E-state index contributed by atoms with van der Waals surface area (Å²) in [5.74, 6) is 0.821. The Labute approximate surface area is 142 Å². The molecule has 1 N–H and O–H groups in total. The number of ether oxygens (including phenoxy) is 1. The molecule has 23 heavy (non-hydrogen) atoms. The highest BCUT2D eigenvalue weighted by Crippen LogP contribution is 2.25. The first-order chi connectivity index (χ1) is 11.0. The molecule has 0 unspecified atom stereocenters. The first-order valence-corrected chi connectivity index (χ1v) is 8.12. The number of hydrogen-bond acceptors (Lipinski definition) is 2. The highest BCUT2D eigenvalue weighted by molar-refractivity contribution is 6.31. The fourth-order valence-corrected chi connectivity index (χ4v) is 2.72. The standard InChI is InChI=1S/C19H22ClNO2/c1-4-14-10-13(2)8-9-18(14)23-12-16-15(11-19(22)21-3)6-5-7-17(16)20/h5-10H,4,11-12H2,1-3H3,(H,21,22). The van der Waals surface area contributed by atoms with E-state index in [0.717, 1.165) is 23.3 Å². The summed E-state index contributed by atoms with van der Waals surface area (Å²) >= 11 is 6.31. The molecule has 0 fully saturated rings. The largest absolute Gasteiger partial charge is 0.489 e. The third-order valence-corrected chi connectivity index (χ3v) is 4.17. The summed E-state index contributed by atoms with van der Waals surface area (Å²) in [6.45, 7) is 4.52. The minimum Gasteiger partial charge on any atom is -0.489 e. The molecule has 1 amide bonds. The van der Waals surface area contributed by atoms with Gasteiger partial charge >= 0.3 is 0 Å². The molecule has 0 spiro atoms. The van der Waals surface area contributed by atoms with E-state index in [9.17, 15) is 4.79 Å². The molecular formula is C19H22ClNO2. The van der Waals surface area contributed by atoms with Gasteiger partial charge in [-0.05, 0) is 36.6 Å². The summed E-state index contributed by atoms with van der Waals surface area (Å²) in [7, 11) is 1.63. The van der Waals surface area contributed by atoms with Gasteiger partial charge in [0.25, 0.3) is 0 Å². The molecule has 0 radical (unpaired) electrons. The topological polar surface area (TPSA) is 38.3 Å². The Hall–Kier alpha value is -2.00. The molecule has 0 aliphatic rings. The molecule has 0 heterocycles. The van der Waals surface area contributed by atoms with Crippen LogP contribution in [0.15, 0.2) is 36.4 Å². The smallest absolute Gasteiger partial charge is 0.224 e. The second-order valence-corrected chi connectivity index (χ2v) is 5.89. The molecule has 0 saturated heterocycles. The molecule has 2 rings (SSSR count). The van der Waals surface area contributed by atoms with Gasteiger partial charge in [-0.15, -0.1) is 0 Å². The first kappa shape index (κ1) is 17.4. The Kier molecular flexibility index (Phi) is 6.05. The number of halogens is 1. The number of hydrogen-bond donors (Lipinski definition) is 1. The van der Waals surface area contributed by atoms with Crippen LogP contribution in [0.5, 0.6) is 5.75 Å². The monoisotopic (exact) mass is 331 g/mol. The van der Waals surface area contributed by atoms with Crippen molar-refractivity contribution < 1.29 is 9.53 Å². The lowest BCUT2D eigenvalue weighted by Crippen LogP contribution is -2.21. The van der Waals surface area contributed by atoms with Gasteiger partial charge in [-0.3, -0.25) is 4.79 Å². The van der Waals surface area contributed by atoms with E-state index in [1.54, 1.807) is 7.05 Å². The first-order valence-electron chi connectivity index (χ1n) is 7.74. The van der Waals surface area contributed by atoms with Crippen LogP contribution in [0.2, 0.25) is 5.02 Å². The Morgan fingerprint density at radius 3 is 2.70 bits per heavy atom. The predicted octanol–water partition coefficient (Wildman–Crippen LogP) is 4.08. The Morgan fingerprint density at radius 2 is 2.00 bits per heavy atom. The molecule has 2 aromatic rings. The van der Waals surface area contributed by atoms with Gasteiger partial charge in [-0.25, -0.2) is 0 Å². The number of benzene rings is 2. The number of carbonyl (C=O) groups excluding carboxylic acids is 1. The molecule has 122 valence electrons. The number of rotatable bonds is 6. The van der Waals surface area contributed by atoms with Crippen LogP contribution in [-0.4, -0.2) is 13.0 Å². The molecule has 0 atom stereocenters. The van der Waals surface area contributed by atoms with E-state index in [4.69, 9.17) is 16.3 Å². The number of aryl methyl sites for hydroxylation is 2. The lowest BCUT2D eigenvalue weighted by Gasteiger charge is -2.15. The maximum absolute atomic E-state index is 11.7. The number of likely N-dealkylation sites (N-methyl/N-ethyl adjacent to an activating group) is 1. The molecule has 0 bridgehead atoms. The minimum atomic E-state index is -0.0434. The van der Waals surface area contributed by atoms with Crippen LogP contribution < -0.4 is 10.1 Å².